The molecule has 1 heterocycles. The molecule has 6 heteroatoms. The van der Waals surface area contributed by atoms with E-state index in [-0.39, 0.29) is 29.3 Å². The maximum atomic E-state index is 13.4. The van der Waals surface area contributed by atoms with Crippen molar-refractivity contribution in [2.75, 3.05) is 52.4 Å². The van der Waals surface area contributed by atoms with Gasteiger partial charge in [-0.1, -0.05) is 32.9 Å². The molecule has 3 rings (SSSR count). The van der Waals surface area contributed by atoms with E-state index in [1.54, 1.807) is 36.4 Å². The van der Waals surface area contributed by atoms with Crippen LogP contribution in [0, 0.1) is 11.7 Å². The summed E-state index contributed by atoms with van der Waals surface area (Å²) in [6, 6.07) is 13.7. The van der Waals surface area contributed by atoms with E-state index in [0.29, 0.717) is 5.56 Å². The molecule has 1 saturated heterocycles. The molecule has 2 aromatic carbocycles. The highest BCUT2D eigenvalue weighted by atomic mass is 19.1. The highest BCUT2D eigenvalue weighted by Crippen LogP contribution is 2.23. The number of likely N-dealkylation sites (N-methyl/N-ethyl adjacent to an activating group) is 1. The molecule has 1 aliphatic rings. The van der Waals surface area contributed by atoms with E-state index in [1.807, 2.05) is 19.1 Å². The van der Waals surface area contributed by atoms with Crippen LogP contribution in [0.2, 0.25) is 0 Å². The Balaban J connectivity index is 1.54. The van der Waals surface area contributed by atoms with E-state index in [0.717, 1.165) is 57.9 Å². The fourth-order valence-electron chi connectivity index (χ4n) is 4.56. The van der Waals surface area contributed by atoms with Gasteiger partial charge in [-0.2, -0.15) is 0 Å². The van der Waals surface area contributed by atoms with Crippen LogP contribution in [-0.4, -0.2) is 77.9 Å². The predicted octanol–water partition coefficient (Wildman–Crippen LogP) is 4.05. The van der Waals surface area contributed by atoms with Crippen LogP contribution >= 0.6 is 0 Å². The van der Waals surface area contributed by atoms with Crippen LogP contribution in [0.1, 0.15) is 42.7 Å². The van der Waals surface area contributed by atoms with Gasteiger partial charge in [0.1, 0.15) is 11.6 Å². The number of halogens is 1. The Morgan fingerprint density at radius 2 is 1.47 bits per heavy atom. The average Bonchev–Trinajstić information content (AvgIpc) is 2.81. The lowest BCUT2D eigenvalue weighted by Crippen LogP contribution is -2.50. The third kappa shape index (κ3) is 6.37. The first-order valence-electron chi connectivity index (χ1n) is 11.7. The third-order valence-electron chi connectivity index (χ3n) is 6.54. The lowest BCUT2D eigenvalue weighted by Gasteiger charge is -2.39. The zero-order valence-electron chi connectivity index (χ0n) is 19.5. The molecule has 174 valence electrons. The molecule has 1 N–H and O–H groups in total. The first-order valence-corrected chi connectivity index (χ1v) is 11.7. The van der Waals surface area contributed by atoms with Crippen LogP contribution in [0.3, 0.4) is 0 Å². The Morgan fingerprint density at radius 1 is 0.938 bits per heavy atom. The van der Waals surface area contributed by atoms with Crippen LogP contribution in [0.15, 0.2) is 48.5 Å². The minimum Gasteiger partial charge on any atom is -0.508 e. The molecule has 0 radical (unpaired) electrons. The summed E-state index contributed by atoms with van der Waals surface area (Å²) in [5, 5.41) is 9.43. The number of hydrogen-bond acceptors (Lipinski definition) is 5. The summed E-state index contributed by atoms with van der Waals surface area (Å²) >= 11 is 0. The van der Waals surface area contributed by atoms with Gasteiger partial charge in [0.25, 0.3) is 0 Å². The van der Waals surface area contributed by atoms with Gasteiger partial charge in [0.2, 0.25) is 0 Å². The summed E-state index contributed by atoms with van der Waals surface area (Å²) in [5.74, 6) is 0.00433. The van der Waals surface area contributed by atoms with Crippen molar-refractivity contribution in [1.29, 1.82) is 0 Å². The summed E-state index contributed by atoms with van der Waals surface area (Å²) < 4.78 is 13.4. The normalized spacial score (nSPS) is 17.4. The second kappa shape index (κ2) is 11.5. The first-order chi connectivity index (χ1) is 15.4. The van der Waals surface area contributed by atoms with Gasteiger partial charge in [-0.25, -0.2) is 4.39 Å². The Labute approximate surface area is 191 Å². The fourth-order valence-corrected chi connectivity index (χ4v) is 4.56. The molecule has 0 unspecified atom stereocenters. The number of piperazine rings is 1. The lowest BCUT2D eigenvalue weighted by molar-refractivity contribution is 0.0754. The summed E-state index contributed by atoms with van der Waals surface area (Å²) in [6.07, 6.45) is 0. The molecule has 0 saturated carbocycles. The number of benzene rings is 2. The predicted molar refractivity (Wildman–Crippen MR) is 127 cm³/mol. The Hall–Kier alpha value is -2.28. The summed E-state index contributed by atoms with van der Waals surface area (Å²) in [7, 11) is 0. The highest BCUT2D eigenvalue weighted by molar-refractivity contribution is 5.97. The van der Waals surface area contributed by atoms with Crippen molar-refractivity contribution in [3.63, 3.8) is 0 Å². The minimum absolute atomic E-state index is 0.0891. The van der Waals surface area contributed by atoms with Crippen molar-refractivity contribution >= 4 is 5.78 Å². The number of nitrogens with zero attached hydrogens (tertiary/aromatic N) is 3. The fraction of sp³-hybridized carbons (Fsp3) is 0.500. The van der Waals surface area contributed by atoms with Gasteiger partial charge >= 0.3 is 0 Å². The van der Waals surface area contributed by atoms with Crippen molar-refractivity contribution < 1.29 is 14.3 Å². The number of carbonyl (C=O) groups excluding carboxylic acids is 1. The third-order valence-corrected chi connectivity index (χ3v) is 6.54. The highest BCUT2D eigenvalue weighted by Gasteiger charge is 2.26. The molecule has 1 aliphatic heterocycles. The number of rotatable bonds is 10. The molecule has 1 fully saturated rings. The molecule has 32 heavy (non-hydrogen) atoms. The molecule has 0 spiro atoms. The van der Waals surface area contributed by atoms with Gasteiger partial charge in [0.15, 0.2) is 5.78 Å². The van der Waals surface area contributed by atoms with Crippen LogP contribution in [0.4, 0.5) is 4.39 Å². The lowest BCUT2D eigenvalue weighted by atomic mass is 9.98. The van der Waals surface area contributed by atoms with Crippen molar-refractivity contribution in [1.82, 2.24) is 14.7 Å². The zero-order chi connectivity index (χ0) is 23.1. The largest absolute Gasteiger partial charge is 0.508 e. The smallest absolute Gasteiger partial charge is 0.166 e. The molecule has 5 nitrogen and oxygen atoms in total. The summed E-state index contributed by atoms with van der Waals surface area (Å²) in [5.41, 5.74) is 1.81. The Bertz CT molecular complexity index is 844. The SMILES string of the molecule is CCN(CC)[C@@H](CN1CCN(C[C@H](C)C(=O)c2ccc(O)cc2)CC1)c1ccc(F)cc1. The molecule has 0 aromatic heterocycles. The number of carbonyl (C=O) groups is 1. The number of hydrogen-bond donors (Lipinski definition) is 1. The molecule has 2 atom stereocenters. The number of ketones is 1. The van der Waals surface area contributed by atoms with E-state index >= 15 is 0 Å². The second-order valence-electron chi connectivity index (χ2n) is 8.70. The van der Waals surface area contributed by atoms with Gasteiger partial charge in [-0.15, -0.1) is 0 Å². The maximum Gasteiger partial charge on any atom is 0.166 e. The summed E-state index contributed by atoms with van der Waals surface area (Å²) in [4.78, 5) is 20.0. The van der Waals surface area contributed by atoms with E-state index < -0.39 is 0 Å². The van der Waals surface area contributed by atoms with Crippen LogP contribution in [0.5, 0.6) is 5.75 Å². The van der Waals surface area contributed by atoms with Gasteiger partial charge in [0.05, 0.1) is 0 Å². The van der Waals surface area contributed by atoms with Crippen LogP contribution in [-0.2, 0) is 0 Å². The quantitative estimate of drug-likeness (QED) is 0.564. The van der Waals surface area contributed by atoms with Crippen LogP contribution < -0.4 is 0 Å². The molecule has 0 aliphatic carbocycles. The van der Waals surface area contributed by atoms with E-state index in [4.69, 9.17) is 0 Å². The van der Waals surface area contributed by atoms with Crippen molar-refractivity contribution in [2.24, 2.45) is 5.92 Å². The Kier molecular flexibility index (Phi) is 8.79. The molecule has 0 amide bonds. The number of Topliss-reactive ketones (excluding diaryl/α,β-unsaturated/α-hetero) is 1. The molecule has 0 bridgehead atoms. The number of aromatic hydroxyl groups is 1. The molecule has 2 aromatic rings. The molecular weight excluding hydrogens is 405 g/mol. The van der Waals surface area contributed by atoms with E-state index in [1.165, 1.54) is 0 Å². The minimum atomic E-state index is -0.198. The number of phenolic OH excluding ortho intramolecular Hbond substituents is 1. The van der Waals surface area contributed by atoms with Gasteiger partial charge in [-0.3, -0.25) is 14.6 Å². The maximum absolute atomic E-state index is 13.4. The van der Waals surface area contributed by atoms with Crippen molar-refractivity contribution in [3.05, 3.63) is 65.5 Å². The molecular formula is C26H36FN3O2. The van der Waals surface area contributed by atoms with Crippen LogP contribution in [0.25, 0.3) is 0 Å². The van der Waals surface area contributed by atoms with E-state index in [9.17, 15) is 14.3 Å². The summed E-state index contributed by atoms with van der Waals surface area (Å²) in [6.45, 7) is 13.7. The van der Waals surface area contributed by atoms with Crippen molar-refractivity contribution in [3.8, 4) is 5.75 Å². The van der Waals surface area contributed by atoms with E-state index in [2.05, 4.69) is 28.5 Å². The van der Waals surface area contributed by atoms with Crippen molar-refractivity contribution in [2.45, 2.75) is 26.8 Å². The van der Waals surface area contributed by atoms with Gasteiger partial charge < -0.3 is 10.0 Å². The monoisotopic (exact) mass is 441 g/mol. The Morgan fingerprint density at radius 3 is 2.00 bits per heavy atom. The van der Waals surface area contributed by atoms with Gasteiger partial charge in [-0.05, 0) is 55.1 Å². The van der Waals surface area contributed by atoms with Gasteiger partial charge in [0, 0.05) is 56.8 Å². The first kappa shape index (κ1) is 24.4. The average molecular weight is 442 g/mol. The second-order valence-corrected chi connectivity index (χ2v) is 8.70. The topological polar surface area (TPSA) is 47.0 Å². The standard InChI is InChI=1S/C26H36FN3O2/c1-4-30(5-2)25(21-6-10-23(27)11-7-21)19-29-16-14-28(15-17-29)18-20(3)26(32)22-8-12-24(31)13-9-22/h6-13,20,25,31H,4-5,14-19H2,1-3H3/t20-,25-/m0/s1. The zero-order valence-corrected chi connectivity index (χ0v) is 19.5. The number of phenols is 1.